The van der Waals surface area contributed by atoms with Crippen LogP contribution in [0.25, 0.3) is 0 Å². The van der Waals surface area contributed by atoms with Gasteiger partial charge in [-0.25, -0.2) is 4.79 Å². The Morgan fingerprint density at radius 2 is 1.87 bits per heavy atom. The summed E-state index contributed by atoms with van der Waals surface area (Å²) in [7, 11) is 0. The first kappa shape index (κ1) is 13.7. The Bertz CT molecular complexity index is 274. The predicted octanol–water partition coefficient (Wildman–Crippen LogP) is 2.14. The summed E-state index contributed by atoms with van der Waals surface area (Å²) in [5, 5.41) is 8.63. The van der Waals surface area contributed by atoms with Crippen LogP contribution < -0.4 is 0 Å². The molecule has 0 aliphatic rings. The van der Waals surface area contributed by atoms with Crippen LogP contribution >= 0.6 is 0 Å². The van der Waals surface area contributed by atoms with Gasteiger partial charge in [-0.2, -0.15) is 0 Å². The summed E-state index contributed by atoms with van der Waals surface area (Å²) >= 11 is 0. The molecule has 0 aliphatic carbocycles. The van der Waals surface area contributed by atoms with E-state index in [0.717, 1.165) is 6.42 Å². The Hall–Kier alpha value is -1.32. The minimum absolute atomic E-state index is 0.180. The van der Waals surface area contributed by atoms with E-state index in [1.165, 1.54) is 0 Å². The van der Waals surface area contributed by atoms with Crippen molar-refractivity contribution in [1.29, 1.82) is 0 Å². The molecule has 0 bridgehead atoms. The number of aliphatic carboxylic acids is 1. The summed E-state index contributed by atoms with van der Waals surface area (Å²) in [6.45, 7) is 7.09. The maximum absolute atomic E-state index is 11.5. The molecule has 15 heavy (non-hydrogen) atoms. The Balaban J connectivity index is 4.59. The summed E-state index contributed by atoms with van der Waals surface area (Å²) in [4.78, 5) is 22.1. The topological polar surface area (TPSA) is 63.6 Å². The number of ether oxygens (including phenoxy) is 1. The number of hydrogen-bond donors (Lipinski definition) is 1. The summed E-state index contributed by atoms with van der Waals surface area (Å²) in [6.07, 6.45) is 0.257. The van der Waals surface area contributed by atoms with E-state index in [1.54, 1.807) is 20.8 Å². The molecule has 0 aromatic carbocycles. The van der Waals surface area contributed by atoms with E-state index in [4.69, 9.17) is 9.84 Å². The van der Waals surface area contributed by atoms with Crippen LogP contribution in [0.5, 0.6) is 0 Å². The smallest absolute Gasteiger partial charge is 0.334 e. The Kier molecular flexibility index (Phi) is 5.67. The standard InChI is InChI=1S/C11H18O4/c1-5-8(4)15-11(14)9(7(2)3)6-10(12)13/h8H,5-6H2,1-4H3,(H,12,13). The molecule has 1 unspecified atom stereocenters. The van der Waals surface area contributed by atoms with Crippen molar-refractivity contribution in [3.63, 3.8) is 0 Å². The molecule has 0 aromatic rings. The molecule has 0 heterocycles. The van der Waals surface area contributed by atoms with E-state index in [1.807, 2.05) is 6.92 Å². The van der Waals surface area contributed by atoms with E-state index in [2.05, 4.69) is 0 Å². The highest BCUT2D eigenvalue weighted by Crippen LogP contribution is 2.12. The van der Waals surface area contributed by atoms with Crippen LogP contribution in [-0.2, 0) is 14.3 Å². The highest BCUT2D eigenvalue weighted by Gasteiger charge is 2.17. The zero-order valence-electron chi connectivity index (χ0n) is 9.66. The van der Waals surface area contributed by atoms with Gasteiger partial charge in [0.15, 0.2) is 0 Å². The quantitative estimate of drug-likeness (QED) is 0.562. The van der Waals surface area contributed by atoms with E-state index >= 15 is 0 Å². The number of esters is 1. The molecule has 0 radical (unpaired) electrons. The van der Waals surface area contributed by atoms with Gasteiger partial charge in [-0.3, -0.25) is 4.79 Å². The van der Waals surface area contributed by atoms with Crippen LogP contribution in [0.15, 0.2) is 11.1 Å². The fourth-order valence-electron chi connectivity index (χ4n) is 0.941. The number of carboxylic acid groups (broad SMARTS) is 1. The molecular weight excluding hydrogens is 196 g/mol. The second kappa shape index (κ2) is 6.22. The van der Waals surface area contributed by atoms with Gasteiger partial charge < -0.3 is 9.84 Å². The van der Waals surface area contributed by atoms with E-state index in [0.29, 0.717) is 5.57 Å². The van der Waals surface area contributed by atoms with Gasteiger partial charge in [-0.1, -0.05) is 12.5 Å². The van der Waals surface area contributed by atoms with Crippen molar-refractivity contribution < 1.29 is 19.4 Å². The van der Waals surface area contributed by atoms with Crippen LogP contribution in [0.4, 0.5) is 0 Å². The first-order valence-corrected chi connectivity index (χ1v) is 4.97. The Morgan fingerprint density at radius 1 is 1.33 bits per heavy atom. The lowest BCUT2D eigenvalue weighted by Crippen LogP contribution is -2.18. The van der Waals surface area contributed by atoms with Gasteiger partial charge >= 0.3 is 11.9 Å². The number of rotatable bonds is 5. The molecule has 0 fully saturated rings. The summed E-state index contributed by atoms with van der Waals surface area (Å²) in [6, 6.07) is 0. The zero-order valence-corrected chi connectivity index (χ0v) is 9.66. The molecular formula is C11H18O4. The molecule has 0 aromatic heterocycles. The average molecular weight is 214 g/mol. The van der Waals surface area contributed by atoms with Crippen molar-refractivity contribution in [2.24, 2.45) is 0 Å². The predicted molar refractivity (Wildman–Crippen MR) is 56.5 cm³/mol. The van der Waals surface area contributed by atoms with Gasteiger partial charge in [0.25, 0.3) is 0 Å². The lowest BCUT2D eigenvalue weighted by Gasteiger charge is -2.13. The van der Waals surface area contributed by atoms with Gasteiger partial charge in [0, 0.05) is 5.57 Å². The van der Waals surface area contributed by atoms with E-state index in [9.17, 15) is 9.59 Å². The molecule has 0 saturated heterocycles. The molecule has 0 spiro atoms. The van der Waals surface area contributed by atoms with Crippen LogP contribution in [0, 0.1) is 0 Å². The van der Waals surface area contributed by atoms with Crippen LogP contribution in [0.2, 0.25) is 0 Å². The number of carboxylic acids is 1. The molecule has 0 saturated carbocycles. The molecule has 0 rings (SSSR count). The van der Waals surface area contributed by atoms with Gasteiger partial charge in [-0.15, -0.1) is 0 Å². The minimum Gasteiger partial charge on any atom is -0.481 e. The second-order valence-corrected chi connectivity index (χ2v) is 3.67. The highest BCUT2D eigenvalue weighted by atomic mass is 16.5. The highest BCUT2D eigenvalue weighted by molar-refractivity contribution is 5.94. The first-order valence-electron chi connectivity index (χ1n) is 4.97. The van der Waals surface area contributed by atoms with Gasteiger partial charge in [0.2, 0.25) is 0 Å². The fourth-order valence-corrected chi connectivity index (χ4v) is 0.941. The van der Waals surface area contributed by atoms with Crippen molar-refractivity contribution >= 4 is 11.9 Å². The fraction of sp³-hybridized carbons (Fsp3) is 0.636. The normalized spacial score (nSPS) is 11.7. The van der Waals surface area contributed by atoms with Crippen LogP contribution in [0.3, 0.4) is 0 Å². The van der Waals surface area contributed by atoms with E-state index in [-0.39, 0.29) is 18.1 Å². The lowest BCUT2D eigenvalue weighted by atomic mass is 10.1. The molecule has 4 heteroatoms. The molecule has 1 N–H and O–H groups in total. The third-order valence-electron chi connectivity index (χ3n) is 2.06. The average Bonchev–Trinajstić information content (AvgIpc) is 2.12. The molecule has 0 amide bonds. The maximum Gasteiger partial charge on any atom is 0.334 e. The Morgan fingerprint density at radius 3 is 2.20 bits per heavy atom. The van der Waals surface area contributed by atoms with Crippen molar-refractivity contribution in [3.8, 4) is 0 Å². The molecule has 4 nitrogen and oxygen atoms in total. The minimum atomic E-state index is -1.02. The molecule has 86 valence electrons. The van der Waals surface area contributed by atoms with Crippen molar-refractivity contribution in [2.75, 3.05) is 0 Å². The zero-order chi connectivity index (χ0) is 12.0. The number of carbonyl (C=O) groups is 2. The Labute approximate surface area is 89.9 Å². The van der Waals surface area contributed by atoms with Crippen LogP contribution in [-0.4, -0.2) is 23.1 Å². The van der Waals surface area contributed by atoms with Crippen molar-refractivity contribution in [1.82, 2.24) is 0 Å². The number of allylic oxidation sites excluding steroid dienone is 1. The molecule has 1 atom stereocenters. The second-order valence-electron chi connectivity index (χ2n) is 3.67. The SMILES string of the molecule is CCC(C)OC(=O)C(CC(=O)O)=C(C)C. The molecule has 0 aliphatic heterocycles. The summed E-state index contributed by atoms with van der Waals surface area (Å²) < 4.78 is 5.06. The van der Waals surface area contributed by atoms with Crippen molar-refractivity contribution in [3.05, 3.63) is 11.1 Å². The summed E-state index contributed by atoms with van der Waals surface area (Å²) in [5.74, 6) is -1.54. The van der Waals surface area contributed by atoms with Crippen molar-refractivity contribution in [2.45, 2.75) is 46.6 Å². The van der Waals surface area contributed by atoms with Gasteiger partial charge in [0.1, 0.15) is 0 Å². The maximum atomic E-state index is 11.5. The monoisotopic (exact) mass is 214 g/mol. The number of hydrogen-bond acceptors (Lipinski definition) is 3. The third kappa shape index (κ3) is 5.20. The largest absolute Gasteiger partial charge is 0.481 e. The third-order valence-corrected chi connectivity index (χ3v) is 2.06. The van der Waals surface area contributed by atoms with Crippen LogP contribution in [0.1, 0.15) is 40.5 Å². The summed E-state index contributed by atoms with van der Waals surface area (Å²) in [5.41, 5.74) is 0.925. The van der Waals surface area contributed by atoms with Gasteiger partial charge in [-0.05, 0) is 27.2 Å². The lowest BCUT2D eigenvalue weighted by molar-refractivity contribution is -0.146. The van der Waals surface area contributed by atoms with E-state index < -0.39 is 11.9 Å². The first-order chi connectivity index (χ1) is 6.88. The van der Waals surface area contributed by atoms with Gasteiger partial charge in [0.05, 0.1) is 12.5 Å². The number of carbonyl (C=O) groups excluding carboxylic acids is 1.